The maximum atomic E-state index is 13.1. The molecule has 0 radical (unpaired) electrons. The minimum Gasteiger partial charge on any atom is -0.444 e. The van der Waals surface area contributed by atoms with Gasteiger partial charge in [-0.1, -0.05) is 12.1 Å². The Hall–Kier alpha value is -4.66. The first-order valence-electron chi connectivity index (χ1n) is 11.3. The number of nitrogens with zero attached hydrogens (tertiary/aromatic N) is 1. The standard InChI is InChI=1S/C27H26N4O5/c1-27(2,3)36-26(35)29-20-12-8-17(9-13-20)24(33)28-19-14-10-18(11-15-19)25(34)31-16-23(32)30-21-6-4-5-7-22(21)31/h4-15H,16H2,1-3H3,(H,28,33)(H,29,35)(H,30,32). The molecule has 0 atom stereocenters. The van der Waals surface area contributed by atoms with Gasteiger partial charge in [-0.05, 0) is 81.4 Å². The first kappa shape index (κ1) is 24.5. The molecule has 0 saturated carbocycles. The van der Waals surface area contributed by atoms with Crippen molar-refractivity contribution in [3.05, 3.63) is 83.9 Å². The Bertz CT molecular complexity index is 1310. The molecule has 0 fully saturated rings. The number of carbonyl (C=O) groups excluding carboxylic acids is 4. The highest BCUT2D eigenvalue weighted by atomic mass is 16.6. The van der Waals surface area contributed by atoms with Crippen LogP contribution >= 0.6 is 0 Å². The number of carbonyl (C=O) groups is 4. The lowest BCUT2D eigenvalue weighted by Crippen LogP contribution is -2.42. The lowest BCUT2D eigenvalue weighted by atomic mass is 10.1. The van der Waals surface area contributed by atoms with Gasteiger partial charge in [-0.2, -0.15) is 0 Å². The summed E-state index contributed by atoms with van der Waals surface area (Å²) in [6, 6.07) is 19.9. The van der Waals surface area contributed by atoms with E-state index in [-0.39, 0.29) is 24.3 Å². The topological polar surface area (TPSA) is 117 Å². The molecule has 0 spiro atoms. The number of amides is 4. The quantitative estimate of drug-likeness (QED) is 0.486. The second-order valence-corrected chi connectivity index (χ2v) is 9.19. The zero-order chi connectivity index (χ0) is 25.9. The molecule has 9 heteroatoms. The van der Waals surface area contributed by atoms with Crippen LogP contribution in [0.15, 0.2) is 72.8 Å². The lowest BCUT2D eigenvalue weighted by Gasteiger charge is -2.29. The number of fused-ring (bicyclic) bond motifs is 1. The Morgan fingerprint density at radius 2 is 1.42 bits per heavy atom. The van der Waals surface area contributed by atoms with E-state index in [1.165, 1.54) is 4.90 Å². The monoisotopic (exact) mass is 486 g/mol. The smallest absolute Gasteiger partial charge is 0.412 e. The first-order chi connectivity index (χ1) is 17.1. The van der Waals surface area contributed by atoms with E-state index < -0.39 is 11.7 Å². The third-order valence-electron chi connectivity index (χ3n) is 5.20. The third kappa shape index (κ3) is 5.87. The summed E-state index contributed by atoms with van der Waals surface area (Å²) < 4.78 is 5.21. The molecule has 0 saturated heterocycles. The zero-order valence-electron chi connectivity index (χ0n) is 20.1. The van der Waals surface area contributed by atoms with Gasteiger partial charge in [-0.25, -0.2) is 4.79 Å². The van der Waals surface area contributed by atoms with E-state index in [1.54, 1.807) is 93.6 Å². The molecule has 36 heavy (non-hydrogen) atoms. The van der Waals surface area contributed by atoms with Crippen LogP contribution in [-0.4, -0.2) is 36.0 Å². The summed E-state index contributed by atoms with van der Waals surface area (Å²) >= 11 is 0. The highest BCUT2D eigenvalue weighted by Crippen LogP contribution is 2.30. The van der Waals surface area contributed by atoms with Crippen LogP contribution in [0.2, 0.25) is 0 Å². The minimum absolute atomic E-state index is 0.0763. The van der Waals surface area contributed by atoms with Crippen LogP contribution in [0.1, 0.15) is 41.5 Å². The fraction of sp³-hybridized carbons (Fsp3) is 0.185. The Labute approximate surface area is 208 Å². The molecule has 0 unspecified atom stereocenters. The van der Waals surface area contributed by atoms with Gasteiger partial charge in [0.2, 0.25) is 5.91 Å². The van der Waals surface area contributed by atoms with E-state index in [0.29, 0.717) is 33.9 Å². The molecule has 4 amide bonds. The summed E-state index contributed by atoms with van der Waals surface area (Å²) in [5.41, 5.74) is 2.37. The normalized spacial score (nSPS) is 12.8. The van der Waals surface area contributed by atoms with Crippen molar-refractivity contribution in [1.29, 1.82) is 0 Å². The lowest BCUT2D eigenvalue weighted by molar-refractivity contribution is -0.115. The van der Waals surface area contributed by atoms with Crippen molar-refractivity contribution < 1.29 is 23.9 Å². The number of benzene rings is 3. The SMILES string of the molecule is CC(C)(C)OC(=O)Nc1ccc(C(=O)Nc2ccc(C(=O)N3CC(=O)Nc4ccccc43)cc2)cc1. The van der Waals surface area contributed by atoms with E-state index >= 15 is 0 Å². The van der Waals surface area contributed by atoms with Gasteiger partial charge in [0.1, 0.15) is 12.1 Å². The van der Waals surface area contributed by atoms with Crippen LogP contribution < -0.4 is 20.9 Å². The van der Waals surface area contributed by atoms with Crippen molar-refractivity contribution >= 4 is 46.6 Å². The van der Waals surface area contributed by atoms with Crippen molar-refractivity contribution in [3.8, 4) is 0 Å². The molecule has 184 valence electrons. The predicted molar refractivity (Wildman–Crippen MR) is 137 cm³/mol. The highest BCUT2D eigenvalue weighted by molar-refractivity contribution is 6.15. The number of hydrogen-bond donors (Lipinski definition) is 3. The van der Waals surface area contributed by atoms with Crippen LogP contribution in [-0.2, 0) is 9.53 Å². The van der Waals surface area contributed by atoms with Gasteiger partial charge in [-0.15, -0.1) is 0 Å². The highest BCUT2D eigenvalue weighted by Gasteiger charge is 2.27. The van der Waals surface area contributed by atoms with Crippen molar-refractivity contribution in [2.75, 3.05) is 27.4 Å². The molecule has 0 aromatic heterocycles. The number of rotatable bonds is 4. The Kier molecular flexibility index (Phi) is 6.73. The zero-order valence-corrected chi connectivity index (χ0v) is 20.1. The van der Waals surface area contributed by atoms with Gasteiger partial charge in [0, 0.05) is 22.5 Å². The molecule has 1 heterocycles. The molecule has 3 N–H and O–H groups in total. The van der Waals surface area contributed by atoms with Crippen LogP contribution in [0, 0.1) is 0 Å². The molecule has 4 rings (SSSR count). The van der Waals surface area contributed by atoms with Crippen LogP contribution in [0.3, 0.4) is 0 Å². The van der Waals surface area contributed by atoms with E-state index in [9.17, 15) is 19.2 Å². The second-order valence-electron chi connectivity index (χ2n) is 9.19. The molecule has 3 aromatic rings. The second kappa shape index (κ2) is 9.91. The average molecular weight is 487 g/mol. The van der Waals surface area contributed by atoms with Crippen molar-refractivity contribution in [1.82, 2.24) is 0 Å². The summed E-state index contributed by atoms with van der Waals surface area (Å²) in [7, 11) is 0. The van der Waals surface area contributed by atoms with Crippen LogP contribution in [0.25, 0.3) is 0 Å². The van der Waals surface area contributed by atoms with Crippen molar-refractivity contribution in [2.45, 2.75) is 26.4 Å². The minimum atomic E-state index is -0.614. The average Bonchev–Trinajstić information content (AvgIpc) is 2.82. The molecular formula is C27H26N4O5. The fourth-order valence-corrected chi connectivity index (χ4v) is 3.60. The van der Waals surface area contributed by atoms with Gasteiger partial charge >= 0.3 is 6.09 Å². The van der Waals surface area contributed by atoms with Gasteiger partial charge < -0.3 is 15.4 Å². The number of para-hydroxylation sites is 2. The predicted octanol–water partition coefficient (Wildman–Crippen LogP) is 4.88. The van der Waals surface area contributed by atoms with Crippen LogP contribution in [0.5, 0.6) is 0 Å². The summed E-state index contributed by atoms with van der Waals surface area (Å²) in [5.74, 6) is -0.930. The number of anilines is 4. The summed E-state index contributed by atoms with van der Waals surface area (Å²) in [4.78, 5) is 51.0. The summed E-state index contributed by atoms with van der Waals surface area (Å²) in [6.45, 7) is 5.24. The molecular weight excluding hydrogens is 460 g/mol. The fourth-order valence-electron chi connectivity index (χ4n) is 3.60. The number of hydrogen-bond acceptors (Lipinski definition) is 5. The van der Waals surface area contributed by atoms with Crippen molar-refractivity contribution in [3.63, 3.8) is 0 Å². The molecule has 0 bridgehead atoms. The largest absolute Gasteiger partial charge is 0.444 e. The first-order valence-corrected chi connectivity index (χ1v) is 11.3. The summed E-state index contributed by atoms with van der Waals surface area (Å²) in [6.07, 6.45) is -0.581. The van der Waals surface area contributed by atoms with Crippen molar-refractivity contribution in [2.24, 2.45) is 0 Å². The van der Waals surface area contributed by atoms with E-state index in [4.69, 9.17) is 4.74 Å². The van der Waals surface area contributed by atoms with Crippen LogP contribution in [0.4, 0.5) is 27.5 Å². The summed E-state index contributed by atoms with van der Waals surface area (Å²) in [5, 5.41) is 8.15. The molecule has 3 aromatic carbocycles. The molecule has 0 aliphatic carbocycles. The number of ether oxygens (including phenoxy) is 1. The van der Waals surface area contributed by atoms with Gasteiger partial charge in [-0.3, -0.25) is 24.6 Å². The van der Waals surface area contributed by atoms with Gasteiger partial charge in [0.15, 0.2) is 0 Å². The third-order valence-corrected chi connectivity index (χ3v) is 5.20. The van der Waals surface area contributed by atoms with Gasteiger partial charge in [0.05, 0.1) is 11.4 Å². The van der Waals surface area contributed by atoms with E-state index in [0.717, 1.165) is 0 Å². The molecule has 9 nitrogen and oxygen atoms in total. The Morgan fingerprint density at radius 3 is 2.06 bits per heavy atom. The Morgan fingerprint density at radius 1 is 0.833 bits per heavy atom. The van der Waals surface area contributed by atoms with Gasteiger partial charge in [0.25, 0.3) is 11.8 Å². The maximum Gasteiger partial charge on any atom is 0.412 e. The maximum absolute atomic E-state index is 13.1. The Balaban J connectivity index is 1.39. The van der Waals surface area contributed by atoms with E-state index in [1.807, 2.05) is 0 Å². The molecule has 1 aliphatic rings. The number of nitrogens with one attached hydrogen (secondary N) is 3. The van der Waals surface area contributed by atoms with E-state index in [2.05, 4.69) is 16.0 Å². The molecule has 1 aliphatic heterocycles.